The Morgan fingerprint density at radius 1 is 1.17 bits per heavy atom. The van der Waals surface area contributed by atoms with Gasteiger partial charge in [0.1, 0.15) is 6.33 Å². The van der Waals surface area contributed by atoms with Crippen LogP contribution < -0.4 is 0 Å². The van der Waals surface area contributed by atoms with Crippen LogP contribution >= 0.6 is 0 Å². The molecule has 1 aliphatic carbocycles. The second-order valence-corrected chi connectivity index (χ2v) is 7.43. The number of nitrogens with zero attached hydrogens (tertiary/aromatic N) is 4. The molecule has 128 valence electrons. The molecule has 1 saturated carbocycles. The summed E-state index contributed by atoms with van der Waals surface area (Å²) in [5, 5.41) is 0. The SMILES string of the molecule is O=C(CCc1cncnc1)N1CC2CCN(CC3CC3)C(=O)C2C1. The number of likely N-dealkylation sites (tertiary alicyclic amines) is 2. The van der Waals surface area contributed by atoms with Crippen LogP contribution in [-0.2, 0) is 16.0 Å². The summed E-state index contributed by atoms with van der Waals surface area (Å²) in [5.41, 5.74) is 0.981. The van der Waals surface area contributed by atoms with E-state index in [-0.39, 0.29) is 17.7 Å². The van der Waals surface area contributed by atoms with Crippen LogP contribution in [0, 0.1) is 17.8 Å². The minimum absolute atomic E-state index is 0.0292. The van der Waals surface area contributed by atoms with E-state index in [0.29, 0.717) is 25.3 Å². The van der Waals surface area contributed by atoms with E-state index < -0.39 is 0 Å². The number of hydrogen-bond donors (Lipinski definition) is 0. The first kappa shape index (κ1) is 15.5. The molecule has 6 heteroatoms. The average molecular weight is 328 g/mol. The molecule has 0 bridgehead atoms. The Kier molecular flexibility index (Phi) is 4.21. The van der Waals surface area contributed by atoms with Gasteiger partial charge in [-0.3, -0.25) is 9.59 Å². The van der Waals surface area contributed by atoms with Crippen LogP contribution in [0.4, 0.5) is 0 Å². The first-order chi connectivity index (χ1) is 11.7. The monoisotopic (exact) mass is 328 g/mol. The van der Waals surface area contributed by atoms with Crippen LogP contribution in [0.1, 0.15) is 31.2 Å². The minimum Gasteiger partial charge on any atom is -0.342 e. The molecule has 1 aromatic rings. The van der Waals surface area contributed by atoms with Crippen molar-refractivity contribution in [2.45, 2.75) is 32.1 Å². The zero-order valence-corrected chi connectivity index (χ0v) is 13.9. The van der Waals surface area contributed by atoms with Crippen LogP contribution in [0.25, 0.3) is 0 Å². The molecule has 0 N–H and O–H groups in total. The fourth-order valence-electron chi connectivity index (χ4n) is 3.98. The van der Waals surface area contributed by atoms with Crippen LogP contribution in [0.5, 0.6) is 0 Å². The van der Waals surface area contributed by atoms with Crippen molar-refractivity contribution in [1.29, 1.82) is 0 Å². The summed E-state index contributed by atoms with van der Waals surface area (Å²) in [4.78, 5) is 37.1. The number of rotatable bonds is 5. The maximum absolute atomic E-state index is 12.7. The maximum atomic E-state index is 12.7. The van der Waals surface area contributed by atoms with Gasteiger partial charge in [-0.2, -0.15) is 0 Å². The molecule has 2 unspecified atom stereocenters. The number of amides is 2. The van der Waals surface area contributed by atoms with E-state index >= 15 is 0 Å². The Morgan fingerprint density at radius 3 is 2.71 bits per heavy atom. The molecule has 6 nitrogen and oxygen atoms in total. The third-order valence-corrected chi connectivity index (χ3v) is 5.61. The second-order valence-electron chi connectivity index (χ2n) is 7.43. The van der Waals surface area contributed by atoms with Crippen LogP contribution in [0.2, 0.25) is 0 Å². The van der Waals surface area contributed by atoms with Crippen molar-refractivity contribution in [3.8, 4) is 0 Å². The van der Waals surface area contributed by atoms with Crippen molar-refractivity contribution in [1.82, 2.24) is 19.8 Å². The molecule has 2 atom stereocenters. The molecule has 2 saturated heterocycles. The molecule has 0 spiro atoms. The van der Waals surface area contributed by atoms with E-state index in [1.807, 2.05) is 9.80 Å². The van der Waals surface area contributed by atoms with E-state index in [1.165, 1.54) is 19.2 Å². The largest absolute Gasteiger partial charge is 0.342 e. The molecule has 3 aliphatic rings. The standard InChI is InChI=1S/C18H24N4O2/c23-17(4-3-14-7-19-12-20-8-14)22-10-15-5-6-21(9-13-1-2-13)18(24)16(15)11-22/h7-8,12-13,15-16H,1-6,9-11H2. The van der Waals surface area contributed by atoms with Crippen molar-refractivity contribution in [2.24, 2.45) is 17.8 Å². The van der Waals surface area contributed by atoms with Gasteiger partial charge in [-0.15, -0.1) is 0 Å². The van der Waals surface area contributed by atoms with Gasteiger partial charge in [-0.1, -0.05) is 0 Å². The summed E-state index contributed by atoms with van der Waals surface area (Å²) in [5.74, 6) is 1.55. The van der Waals surface area contributed by atoms with Crippen LogP contribution in [0.15, 0.2) is 18.7 Å². The van der Waals surface area contributed by atoms with Crippen molar-refractivity contribution < 1.29 is 9.59 Å². The Morgan fingerprint density at radius 2 is 1.96 bits per heavy atom. The van der Waals surface area contributed by atoms with E-state index in [2.05, 4.69) is 9.97 Å². The fraction of sp³-hybridized carbons (Fsp3) is 0.667. The summed E-state index contributed by atoms with van der Waals surface area (Å²) >= 11 is 0. The predicted molar refractivity (Wildman–Crippen MR) is 87.8 cm³/mol. The lowest BCUT2D eigenvalue weighted by atomic mass is 9.88. The first-order valence-corrected chi connectivity index (χ1v) is 9.01. The Bertz CT molecular complexity index is 617. The van der Waals surface area contributed by atoms with Crippen LogP contribution in [0.3, 0.4) is 0 Å². The number of carbonyl (C=O) groups is 2. The third kappa shape index (κ3) is 3.28. The Balaban J connectivity index is 1.32. The number of fused-ring (bicyclic) bond motifs is 1. The highest BCUT2D eigenvalue weighted by Crippen LogP contribution is 2.36. The number of aromatic nitrogens is 2. The van der Waals surface area contributed by atoms with E-state index in [9.17, 15) is 9.59 Å². The summed E-state index contributed by atoms with van der Waals surface area (Å²) < 4.78 is 0. The molecule has 1 aromatic heterocycles. The quantitative estimate of drug-likeness (QED) is 0.812. The average Bonchev–Trinajstić information content (AvgIpc) is 3.31. The summed E-state index contributed by atoms with van der Waals surface area (Å²) in [6.45, 7) is 3.16. The molecule has 4 rings (SSSR count). The van der Waals surface area contributed by atoms with E-state index in [0.717, 1.165) is 37.5 Å². The number of aryl methyl sites for hydroxylation is 1. The van der Waals surface area contributed by atoms with Gasteiger partial charge >= 0.3 is 0 Å². The van der Waals surface area contributed by atoms with Crippen molar-refractivity contribution in [2.75, 3.05) is 26.2 Å². The van der Waals surface area contributed by atoms with Gasteiger partial charge in [0.2, 0.25) is 11.8 Å². The maximum Gasteiger partial charge on any atom is 0.227 e. The van der Waals surface area contributed by atoms with Crippen molar-refractivity contribution in [3.63, 3.8) is 0 Å². The van der Waals surface area contributed by atoms with Gasteiger partial charge in [0.05, 0.1) is 5.92 Å². The highest BCUT2D eigenvalue weighted by molar-refractivity contribution is 5.83. The zero-order chi connectivity index (χ0) is 16.5. The lowest BCUT2D eigenvalue weighted by molar-refractivity contribution is -0.139. The zero-order valence-electron chi connectivity index (χ0n) is 13.9. The lowest BCUT2D eigenvalue weighted by Crippen LogP contribution is -2.46. The second kappa shape index (κ2) is 6.49. The minimum atomic E-state index is 0.0292. The molecule has 2 aliphatic heterocycles. The van der Waals surface area contributed by atoms with E-state index in [4.69, 9.17) is 0 Å². The number of piperidine rings is 1. The Hall–Kier alpha value is -1.98. The molecule has 24 heavy (non-hydrogen) atoms. The molecule has 3 fully saturated rings. The van der Waals surface area contributed by atoms with E-state index in [1.54, 1.807) is 12.4 Å². The topological polar surface area (TPSA) is 66.4 Å². The Labute approximate surface area is 142 Å². The fourth-order valence-corrected chi connectivity index (χ4v) is 3.98. The normalized spacial score (nSPS) is 26.6. The molecule has 0 radical (unpaired) electrons. The lowest BCUT2D eigenvalue weighted by Gasteiger charge is -2.33. The van der Waals surface area contributed by atoms with Gasteiger partial charge in [0, 0.05) is 45.0 Å². The number of carbonyl (C=O) groups excluding carboxylic acids is 2. The number of hydrogen-bond acceptors (Lipinski definition) is 4. The summed E-state index contributed by atoms with van der Waals surface area (Å²) in [6, 6.07) is 0. The van der Waals surface area contributed by atoms with Crippen LogP contribution in [-0.4, -0.2) is 57.8 Å². The molecule has 3 heterocycles. The van der Waals surface area contributed by atoms with Crippen molar-refractivity contribution in [3.05, 3.63) is 24.3 Å². The van der Waals surface area contributed by atoms with Crippen molar-refractivity contribution >= 4 is 11.8 Å². The van der Waals surface area contributed by atoms with Gasteiger partial charge in [-0.05, 0) is 43.1 Å². The predicted octanol–water partition coefficient (Wildman–Crippen LogP) is 1.13. The molecular weight excluding hydrogens is 304 g/mol. The van der Waals surface area contributed by atoms with Gasteiger partial charge in [-0.25, -0.2) is 9.97 Å². The summed E-state index contributed by atoms with van der Waals surface area (Å²) in [6.07, 6.45) is 9.71. The summed E-state index contributed by atoms with van der Waals surface area (Å²) in [7, 11) is 0. The highest BCUT2D eigenvalue weighted by Gasteiger charge is 2.44. The molecule has 0 aromatic carbocycles. The third-order valence-electron chi connectivity index (χ3n) is 5.61. The highest BCUT2D eigenvalue weighted by atomic mass is 16.2. The first-order valence-electron chi connectivity index (χ1n) is 9.01. The molecule has 2 amide bonds. The van der Waals surface area contributed by atoms with Gasteiger partial charge in [0.15, 0.2) is 0 Å². The molecular formula is C18H24N4O2. The van der Waals surface area contributed by atoms with Gasteiger partial charge in [0.25, 0.3) is 0 Å². The smallest absolute Gasteiger partial charge is 0.227 e. The van der Waals surface area contributed by atoms with Gasteiger partial charge < -0.3 is 9.80 Å².